The van der Waals surface area contributed by atoms with Crippen LogP contribution < -0.4 is 0 Å². The highest BCUT2D eigenvalue weighted by Crippen LogP contribution is 2.20. The van der Waals surface area contributed by atoms with Crippen molar-refractivity contribution in [3.63, 3.8) is 0 Å². The second-order valence-corrected chi connectivity index (χ2v) is 5.92. The van der Waals surface area contributed by atoms with E-state index in [0.29, 0.717) is 17.8 Å². The molecule has 2 aliphatic rings. The molecule has 5 heteroatoms. The van der Waals surface area contributed by atoms with Gasteiger partial charge in [-0.05, 0) is 31.4 Å². The van der Waals surface area contributed by atoms with Gasteiger partial charge in [-0.1, -0.05) is 0 Å². The molecule has 1 atom stereocenters. The minimum absolute atomic E-state index is 0.383. The summed E-state index contributed by atoms with van der Waals surface area (Å²) in [6.07, 6.45) is 3.66. The fourth-order valence-electron chi connectivity index (χ4n) is 2.96. The number of ether oxygens (including phenoxy) is 2. The maximum atomic E-state index is 8.76. The Kier molecular flexibility index (Phi) is 4.91. The lowest BCUT2D eigenvalue weighted by Crippen LogP contribution is -2.37. The number of hydrogen-bond donors (Lipinski definition) is 0. The molecule has 5 nitrogen and oxygen atoms in total. The normalized spacial score (nSPS) is 24.2. The maximum absolute atomic E-state index is 8.76. The highest BCUT2D eigenvalue weighted by Gasteiger charge is 2.23. The number of furan rings is 1. The Balaban J connectivity index is 1.37. The second kappa shape index (κ2) is 7.08. The van der Waals surface area contributed by atoms with E-state index in [9.17, 15) is 0 Å². The summed E-state index contributed by atoms with van der Waals surface area (Å²) in [7, 11) is 0. The average molecular weight is 290 g/mol. The van der Waals surface area contributed by atoms with Crippen LogP contribution in [0.5, 0.6) is 0 Å². The Morgan fingerprint density at radius 1 is 1.29 bits per heavy atom. The summed E-state index contributed by atoms with van der Waals surface area (Å²) in [6, 6.07) is 5.64. The highest BCUT2D eigenvalue weighted by atomic mass is 16.5. The van der Waals surface area contributed by atoms with E-state index in [-0.39, 0.29) is 0 Å². The van der Waals surface area contributed by atoms with Gasteiger partial charge in [-0.2, -0.15) is 5.26 Å². The Hall–Kier alpha value is -1.35. The number of nitrogens with zero attached hydrogens (tertiary/aromatic N) is 2. The van der Waals surface area contributed by atoms with Gasteiger partial charge in [-0.25, -0.2) is 0 Å². The lowest BCUT2D eigenvalue weighted by atomic mass is 10.1. The van der Waals surface area contributed by atoms with Crippen LogP contribution in [0.25, 0.3) is 0 Å². The minimum Gasteiger partial charge on any atom is -0.449 e. The van der Waals surface area contributed by atoms with E-state index in [0.717, 1.165) is 64.5 Å². The first-order valence-electron chi connectivity index (χ1n) is 7.74. The fraction of sp³-hybridized carbons (Fsp3) is 0.688. The van der Waals surface area contributed by atoms with Crippen LogP contribution in [0, 0.1) is 17.2 Å². The standard InChI is InChI=1S/C16H22N2O3/c17-9-15-1-2-16(21-15)10-18-6-3-14(4-7-18)20-12-13-5-8-19-11-13/h1-2,13-14H,3-8,10-12H2/t13-/m0/s1. The molecular weight excluding hydrogens is 268 g/mol. The molecular formula is C16H22N2O3. The van der Waals surface area contributed by atoms with E-state index < -0.39 is 0 Å². The second-order valence-electron chi connectivity index (χ2n) is 5.92. The minimum atomic E-state index is 0.383. The summed E-state index contributed by atoms with van der Waals surface area (Å²) in [5.74, 6) is 1.85. The van der Waals surface area contributed by atoms with E-state index in [2.05, 4.69) is 4.90 Å². The number of piperidine rings is 1. The molecule has 0 aliphatic carbocycles. The topological polar surface area (TPSA) is 58.6 Å². The van der Waals surface area contributed by atoms with Gasteiger partial charge in [0.25, 0.3) is 0 Å². The van der Waals surface area contributed by atoms with Gasteiger partial charge in [0.05, 0.1) is 25.9 Å². The smallest absolute Gasteiger partial charge is 0.203 e. The van der Waals surface area contributed by atoms with Crippen molar-refractivity contribution in [2.45, 2.75) is 31.9 Å². The van der Waals surface area contributed by atoms with Crippen molar-refractivity contribution >= 4 is 0 Å². The Bertz CT molecular complexity index is 480. The Labute approximate surface area is 125 Å². The third kappa shape index (κ3) is 4.07. The third-order valence-electron chi connectivity index (χ3n) is 4.28. The first kappa shape index (κ1) is 14.6. The van der Waals surface area contributed by atoms with Crippen molar-refractivity contribution < 1.29 is 13.9 Å². The van der Waals surface area contributed by atoms with Gasteiger partial charge in [0.2, 0.25) is 5.76 Å². The van der Waals surface area contributed by atoms with Gasteiger partial charge in [0.15, 0.2) is 0 Å². The van der Waals surface area contributed by atoms with Crippen LogP contribution >= 0.6 is 0 Å². The Morgan fingerprint density at radius 3 is 2.81 bits per heavy atom. The molecule has 3 heterocycles. The van der Waals surface area contributed by atoms with Gasteiger partial charge in [-0.3, -0.25) is 4.90 Å². The summed E-state index contributed by atoms with van der Waals surface area (Å²) < 4.78 is 16.8. The number of nitriles is 1. The van der Waals surface area contributed by atoms with Crippen molar-refractivity contribution in [1.29, 1.82) is 5.26 Å². The van der Waals surface area contributed by atoms with Crippen LogP contribution in [0.3, 0.4) is 0 Å². The quantitative estimate of drug-likeness (QED) is 0.831. The number of likely N-dealkylation sites (tertiary alicyclic amines) is 1. The van der Waals surface area contributed by atoms with Crippen molar-refractivity contribution in [2.24, 2.45) is 5.92 Å². The van der Waals surface area contributed by atoms with Crippen molar-refractivity contribution in [2.75, 3.05) is 32.9 Å². The molecule has 1 aromatic heterocycles. The molecule has 3 rings (SSSR count). The van der Waals surface area contributed by atoms with Crippen molar-refractivity contribution in [1.82, 2.24) is 4.90 Å². The van der Waals surface area contributed by atoms with Gasteiger partial charge < -0.3 is 13.9 Å². The molecule has 0 bridgehead atoms. The summed E-state index contributed by atoms with van der Waals surface area (Å²) in [6.45, 7) is 5.42. The molecule has 0 unspecified atom stereocenters. The predicted molar refractivity (Wildman–Crippen MR) is 76.6 cm³/mol. The number of rotatable bonds is 5. The zero-order valence-electron chi connectivity index (χ0n) is 12.3. The zero-order valence-corrected chi connectivity index (χ0v) is 12.3. The van der Waals surface area contributed by atoms with Crippen LogP contribution in [0.2, 0.25) is 0 Å². The summed E-state index contributed by atoms with van der Waals surface area (Å²) in [5, 5.41) is 8.76. The average Bonchev–Trinajstić information content (AvgIpc) is 3.18. The summed E-state index contributed by atoms with van der Waals surface area (Å²) in [4.78, 5) is 2.36. The molecule has 2 saturated heterocycles. The molecule has 0 amide bonds. The van der Waals surface area contributed by atoms with Crippen molar-refractivity contribution in [3.05, 3.63) is 23.7 Å². The third-order valence-corrected chi connectivity index (χ3v) is 4.28. The van der Waals surface area contributed by atoms with E-state index in [1.807, 2.05) is 12.1 Å². The van der Waals surface area contributed by atoms with Crippen LogP contribution in [0.15, 0.2) is 16.5 Å². The predicted octanol–water partition coefficient (Wildman–Crippen LogP) is 2.17. The zero-order chi connectivity index (χ0) is 14.5. The monoisotopic (exact) mass is 290 g/mol. The molecule has 2 fully saturated rings. The van der Waals surface area contributed by atoms with Gasteiger partial charge in [0, 0.05) is 25.6 Å². The van der Waals surface area contributed by atoms with Gasteiger partial charge >= 0.3 is 0 Å². The lowest BCUT2D eigenvalue weighted by molar-refractivity contribution is -0.0125. The largest absolute Gasteiger partial charge is 0.449 e. The molecule has 0 saturated carbocycles. The van der Waals surface area contributed by atoms with E-state index >= 15 is 0 Å². The molecule has 1 aromatic rings. The first-order chi connectivity index (χ1) is 10.3. The molecule has 114 valence electrons. The molecule has 0 spiro atoms. The Morgan fingerprint density at radius 2 is 2.14 bits per heavy atom. The fourth-order valence-corrected chi connectivity index (χ4v) is 2.96. The lowest BCUT2D eigenvalue weighted by Gasteiger charge is -2.31. The first-order valence-corrected chi connectivity index (χ1v) is 7.74. The van der Waals surface area contributed by atoms with Crippen molar-refractivity contribution in [3.8, 4) is 6.07 Å². The molecule has 21 heavy (non-hydrogen) atoms. The van der Waals surface area contributed by atoms with Crippen LogP contribution in [0.4, 0.5) is 0 Å². The van der Waals surface area contributed by atoms with E-state index in [1.165, 1.54) is 0 Å². The summed E-state index contributed by atoms with van der Waals surface area (Å²) >= 11 is 0. The van der Waals surface area contributed by atoms with E-state index in [4.69, 9.17) is 19.2 Å². The van der Waals surface area contributed by atoms with Gasteiger partial charge in [-0.15, -0.1) is 0 Å². The van der Waals surface area contributed by atoms with E-state index in [1.54, 1.807) is 6.07 Å². The highest BCUT2D eigenvalue weighted by molar-refractivity contribution is 5.19. The maximum Gasteiger partial charge on any atom is 0.203 e. The van der Waals surface area contributed by atoms with Crippen LogP contribution in [-0.4, -0.2) is 43.9 Å². The number of hydrogen-bond acceptors (Lipinski definition) is 5. The SMILES string of the molecule is N#Cc1ccc(CN2CCC(OC[C@H]3CCOC3)CC2)o1. The molecule has 0 N–H and O–H groups in total. The van der Waals surface area contributed by atoms with Crippen LogP contribution in [0.1, 0.15) is 30.8 Å². The molecule has 2 aliphatic heterocycles. The molecule has 0 aromatic carbocycles. The molecule has 0 radical (unpaired) electrons. The summed E-state index contributed by atoms with van der Waals surface area (Å²) in [5.41, 5.74) is 0. The van der Waals surface area contributed by atoms with Crippen LogP contribution in [-0.2, 0) is 16.0 Å². The van der Waals surface area contributed by atoms with Gasteiger partial charge in [0.1, 0.15) is 11.8 Å².